The highest BCUT2D eigenvalue weighted by Crippen LogP contribution is 2.42. The minimum absolute atomic E-state index is 0.0338. The van der Waals surface area contributed by atoms with Gasteiger partial charge < -0.3 is 9.64 Å². The van der Waals surface area contributed by atoms with E-state index >= 15 is 0 Å². The van der Waals surface area contributed by atoms with Crippen LogP contribution in [0.5, 0.6) is 0 Å². The van der Waals surface area contributed by atoms with Crippen molar-refractivity contribution in [3.8, 4) is 0 Å². The summed E-state index contributed by atoms with van der Waals surface area (Å²) < 4.78 is 48.1. The molecule has 1 aromatic heterocycles. The fraction of sp³-hybridized carbons (Fsp3) is 0.407. The summed E-state index contributed by atoms with van der Waals surface area (Å²) in [4.78, 5) is 55.7. The Morgan fingerprint density at radius 1 is 1.15 bits per heavy atom. The van der Waals surface area contributed by atoms with Crippen LogP contribution in [-0.4, -0.2) is 57.7 Å². The number of esters is 1. The van der Waals surface area contributed by atoms with Gasteiger partial charge in [-0.05, 0) is 55.9 Å². The Balaban J connectivity index is 1.73. The van der Waals surface area contributed by atoms with Crippen molar-refractivity contribution in [2.75, 3.05) is 21.2 Å². The number of amides is 2. The highest BCUT2D eigenvalue weighted by molar-refractivity contribution is 5.89. The van der Waals surface area contributed by atoms with Crippen LogP contribution in [0, 0.1) is 0 Å². The normalized spacial score (nSPS) is 22.7. The van der Waals surface area contributed by atoms with Gasteiger partial charge in [-0.1, -0.05) is 18.2 Å². The molecule has 0 spiro atoms. The van der Waals surface area contributed by atoms with Gasteiger partial charge in [-0.25, -0.2) is 14.4 Å². The molecule has 1 saturated heterocycles. The number of methoxy groups -OCH3 is 1. The number of carbonyl (C=O) groups is 2. The zero-order valence-corrected chi connectivity index (χ0v) is 21.8. The van der Waals surface area contributed by atoms with Gasteiger partial charge in [0.05, 0.1) is 30.0 Å². The number of carbonyl (C=O) groups excluding carboxylic acids is 2. The Kier molecular flexibility index (Phi) is 6.11. The maximum Gasteiger partial charge on any atom is 0.416 e. The van der Waals surface area contributed by atoms with E-state index in [2.05, 4.69) is 0 Å². The Bertz CT molecular complexity index is 1590. The van der Waals surface area contributed by atoms with Crippen molar-refractivity contribution in [3.63, 3.8) is 0 Å². The van der Waals surface area contributed by atoms with Crippen LogP contribution in [0.2, 0.25) is 0 Å². The summed E-state index contributed by atoms with van der Waals surface area (Å²) in [5.41, 5.74) is -2.46. The van der Waals surface area contributed by atoms with Gasteiger partial charge in [0.15, 0.2) is 0 Å². The van der Waals surface area contributed by atoms with Crippen molar-refractivity contribution in [1.29, 1.82) is 0 Å². The predicted molar refractivity (Wildman–Crippen MR) is 135 cm³/mol. The molecule has 0 saturated carbocycles. The topological polar surface area (TPSA) is 93.8 Å². The summed E-state index contributed by atoms with van der Waals surface area (Å²) in [5.74, 6) is -0.982. The van der Waals surface area contributed by atoms with Crippen LogP contribution in [0.25, 0.3) is 5.70 Å². The first-order valence-corrected chi connectivity index (χ1v) is 12.4. The van der Waals surface area contributed by atoms with Gasteiger partial charge in [0, 0.05) is 26.0 Å². The van der Waals surface area contributed by atoms with Crippen molar-refractivity contribution >= 4 is 17.7 Å². The number of fused-ring (bicyclic) bond motifs is 2. The van der Waals surface area contributed by atoms with Gasteiger partial charge in [-0.2, -0.15) is 13.2 Å². The average molecular weight is 545 g/mol. The molecular formula is C27H27F3N4O5. The monoisotopic (exact) mass is 544 g/mol. The molecule has 2 unspecified atom stereocenters. The second-order valence-corrected chi connectivity index (χ2v) is 10.2. The molecule has 0 bridgehead atoms. The Labute approximate surface area is 221 Å². The SMILES string of the molecule is COC(=O)c1cn(C2=CCC3(C)C(=C2)N(C)C(=O)N3C)c(=O)n(C2CCCc3c2cccc3C(F)(F)F)c1=O. The van der Waals surface area contributed by atoms with Crippen LogP contribution in [0.1, 0.15) is 59.3 Å². The number of benzene rings is 1. The molecule has 2 aromatic rings. The van der Waals surface area contributed by atoms with E-state index < -0.39 is 46.1 Å². The first-order valence-electron chi connectivity index (χ1n) is 12.4. The molecule has 206 valence electrons. The van der Waals surface area contributed by atoms with Crippen molar-refractivity contribution in [2.24, 2.45) is 0 Å². The van der Waals surface area contributed by atoms with Crippen LogP contribution in [0.3, 0.4) is 0 Å². The summed E-state index contributed by atoms with van der Waals surface area (Å²) >= 11 is 0. The first-order chi connectivity index (χ1) is 18.3. The van der Waals surface area contributed by atoms with Crippen molar-refractivity contribution < 1.29 is 27.5 Å². The molecule has 1 aromatic carbocycles. The summed E-state index contributed by atoms with van der Waals surface area (Å²) in [5, 5.41) is 0. The van der Waals surface area contributed by atoms with Crippen LogP contribution < -0.4 is 11.2 Å². The summed E-state index contributed by atoms with van der Waals surface area (Å²) in [6.45, 7) is 1.88. The van der Waals surface area contributed by atoms with E-state index in [9.17, 15) is 32.3 Å². The summed E-state index contributed by atoms with van der Waals surface area (Å²) in [6.07, 6.45) is 0.883. The molecule has 2 heterocycles. The maximum absolute atomic E-state index is 13.9. The number of allylic oxidation sites excluding steroid dienone is 2. The third-order valence-electron chi connectivity index (χ3n) is 8.12. The molecule has 1 fully saturated rings. The number of hydrogen-bond acceptors (Lipinski definition) is 5. The van der Waals surface area contributed by atoms with E-state index in [1.54, 1.807) is 31.1 Å². The quantitative estimate of drug-likeness (QED) is 0.551. The Hall–Kier alpha value is -4.09. The summed E-state index contributed by atoms with van der Waals surface area (Å²) in [7, 11) is 4.38. The number of aromatic nitrogens is 2. The second-order valence-electron chi connectivity index (χ2n) is 10.2. The lowest BCUT2D eigenvalue weighted by atomic mass is 9.84. The molecule has 9 nitrogen and oxygen atoms in total. The number of urea groups is 1. The molecule has 2 aliphatic carbocycles. The smallest absolute Gasteiger partial charge is 0.416 e. The molecule has 3 aliphatic rings. The molecule has 2 amide bonds. The van der Waals surface area contributed by atoms with Crippen LogP contribution in [-0.2, 0) is 17.3 Å². The molecule has 0 N–H and O–H groups in total. The van der Waals surface area contributed by atoms with E-state index in [0.29, 0.717) is 24.2 Å². The molecule has 1 aliphatic heterocycles. The Morgan fingerprint density at radius 3 is 2.54 bits per heavy atom. The summed E-state index contributed by atoms with van der Waals surface area (Å²) in [6, 6.07) is 2.48. The zero-order chi connectivity index (χ0) is 28.4. The third kappa shape index (κ3) is 3.92. The molecule has 12 heteroatoms. The molecule has 39 heavy (non-hydrogen) atoms. The maximum atomic E-state index is 13.9. The largest absolute Gasteiger partial charge is 0.465 e. The van der Waals surface area contributed by atoms with E-state index in [-0.39, 0.29) is 30.0 Å². The fourth-order valence-corrected chi connectivity index (χ4v) is 5.88. The highest BCUT2D eigenvalue weighted by Gasteiger charge is 2.48. The average Bonchev–Trinajstić information content (AvgIpc) is 3.07. The van der Waals surface area contributed by atoms with Crippen LogP contribution in [0.4, 0.5) is 18.0 Å². The van der Waals surface area contributed by atoms with Crippen molar-refractivity contribution in [1.82, 2.24) is 18.9 Å². The Morgan fingerprint density at radius 2 is 1.87 bits per heavy atom. The molecular weight excluding hydrogens is 517 g/mol. The van der Waals surface area contributed by atoms with Crippen molar-refractivity contribution in [2.45, 2.75) is 50.4 Å². The lowest BCUT2D eigenvalue weighted by Gasteiger charge is -2.34. The number of rotatable bonds is 3. The van der Waals surface area contributed by atoms with Gasteiger partial charge in [0.25, 0.3) is 5.56 Å². The number of hydrogen-bond donors (Lipinski definition) is 0. The van der Waals surface area contributed by atoms with Crippen LogP contribution >= 0.6 is 0 Å². The van der Waals surface area contributed by atoms with E-state index in [4.69, 9.17) is 4.74 Å². The van der Waals surface area contributed by atoms with Gasteiger partial charge in [0.2, 0.25) is 0 Å². The van der Waals surface area contributed by atoms with Gasteiger partial charge in [-0.15, -0.1) is 0 Å². The minimum atomic E-state index is -4.60. The van der Waals surface area contributed by atoms with Crippen molar-refractivity contribution in [3.05, 3.63) is 85.3 Å². The lowest BCUT2D eigenvalue weighted by Crippen LogP contribution is -2.46. The minimum Gasteiger partial charge on any atom is -0.465 e. The van der Waals surface area contributed by atoms with E-state index in [1.807, 2.05) is 6.92 Å². The lowest BCUT2D eigenvalue weighted by molar-refractivity contribution is -0.138. The molecule has 5 rings (SSSR count). The number of halogens is 3. The first kappa shape index (κ1) is 26.5. The van der Waals surface area contributed by atoms with Gasteiger partial charge in [0.1, 0.15) is 5.56 Å². The second kappa shape index (κ2) is 8.99. The van der Waals surface area contributed by atoms with Gasteiger partial charge in [-0.3, -0.25) is 18.8 Å². The predicted octanol–water partition coefficient (Wildman–Crippen LogP) is 3.63. The molecule has 0 radical (unpaired) electrons. The molecule has 2 atom stereocenters. The zero-order valence-electron chi connectivity index (χ0n) is 21.8. The fourth-order valence-electron chi connectivity index (χ4n) is 5.88. The van der Waals surface area contributed by atoms with E-state index in [0.717, 1.165) is 28.5 Å². The highest BCUT2D eigenvalue weighted by atomic mass is 19.4. The number of ether oxygens (including phenoxy) is 1. The standard InChI is InChI=1S/C27H27F3N4O5/c1-26-12-11-15(13-21(26)31(2)24(37)32(26)3)33-14-18(23(36)39-4)22(35)34(25(33)38)20-10-6-7-16-17(20)8-5-9-19(16)27(28,29)30/h5,8-9,11,13-14,20H,6-7,10,12H2,1-4H3. The van der Waals surface area contributed by atoms with Crippen LogP contribution in [0.15, 0.2) is 51.8 Å². The number of alkyl halides is 3. The number of likely N-dealkylation sites (N-methyl/N-ethyl adjacent to an activating group) is 2. The van der Waals surface area contributed by atoms with E-state index in [1.165, 1.54) is 17.0 Å². The van der Waals surface area contributed by atoms with Gasteiger partial charge >= 0.3 is 23.9 Å². The number of nitrogens with zero attached hydrogens (tertiary/aromatic N) is 4. The third-order valence-corrected chi connectivity index (χ3v) is 8.12.